The minimum atomic E-state index is -0.407. The van der Waals surface area contributed by atoms with Crippen LogP contribution in [0.1, 0.15) is 17.5 Å². The lowest BCUT2D eigenvalue weighted by Gasteiger charge is -2.07. The van der Waals surface area contributed by atoms with E-state index >= 15 is 0 Å². The first-order valence-electron chi connectivity index (χ1n) is 7.07. The molecule has 0 aliphatic heterocycles. The van der Waals surface area contributed by atoms with E-state index in [2.05, 4.69) is 21.2 Å². The number of aromatic hydroxyl groups is 1. The van der Waals surface area contributed by atoms with Gasteiger partial charge in [0, 0.05) is 6.54 Å². The summed E-state index contributed by atoms with van der Waals surface area (Å²) >= 11 is 3.28. The van der Waals surface area contributed by atoms with E-state index in [0.29, 0.717) is 11.0 Å². The van der Waals surface area contributed by atoms with Gasteiger partial charge in [-0.2, -0.15) is 0 Å². The Morgan fingerprint density at radius 1 is 1.14 bits per heavy atom. The number of halogens is 1. The highest BCUT2D eigenvalue weighted by molar-refractivity contribution is 9.10. The molecule has 2 rings (SSSR count). The molecule has 0 spiro atoms. The largest absolute Gasteiger partial charge is 0.507 e. The number of amides is 1. The first kappa shape index (κ1) is 16.4. The van der Waals surface area contributed by atoms with Crippen LogP contribution in [-0.2, 0) is 17.8 Å². The number of alkyl carbamates (subject to hydrolysis) is 1. The molecule has 0 aromatic heterocycles. The van der Waals surface area contributed by atoms with Crippen LogP contribution in [0.5, 0.6) is 5.75 Å². The van der Waals surface area contributed by atoms with Gasteiger partial charge in [0.05, 0.1) is 4.47 Å². The van der Waals surface area contributed by atoms with Gasteiger partial charge in [-0.25, -0.2) is 4.79 Å². The van der Waals surface area contributed by atoms with Gasteiger partial charge in [-0.05, 0) is 52.0 Å². The highest BCUT2D eigenvalue weighted by Gasteiger charge is 2.03. The lowest BCUT2D eigenvalue weighted by Crippen LogP contribution is -2.25. The van der Waals surface area contributed by atoms with Crippen molar-refractivity contribution in [3.63, 3.8) is 0 Å². The molecule has 0 heterocycles. The van der Waals surface area contributed by atoms with Crippen LogP contribution in [0.25, 0.3) is 0 Å². The predicted octanol–water partition coefficient (Wildman–Crippen LogP) is 4.01. The number of hydrogen-bond donors (Lipinski definition) is 2. The van der Waals surface area contributed by atoms with Gasteiger partial charge in [0.1, 0.15) is 12.4 Å². The Kier molecular flexibility index (Phi) is 6.27. The maximum atomic E-state index is 11.6. The second-order valence-electron chi connectivity index (χ2n) is 4.88. The molecular weight excluding hydrogens is 346 g/mol. The van der Waals surface area contributed by atoms with E-state index in [9.17, 15) is 9.90 Å². The molecule has 0 aliphatic rings. The Bertz CT molecular complexity index is 617. The normalized spacial score (nSPS) is 10.2. The zero-order valence-electron chi connectivity index (χ0n) is 12.1. The second kappa shape index (κ2) is 8.44. The first-order valence-corrected chi connectivity index (χ1v) is 7.86. The standard InChI is InChI=1S/C17H18BrNO3/c18-15-11-13(8-9-16(15)20)7-4-10-19-17(21)22-12-14-5-2-1-3-6-14/h1-3,5-6,8-9,11,20H,4,7,10,12H2,(H,19,21). The fourth-order valence-electron chi connectivity index (χ4n) is 1.96. The summed E-state index contributed by atoms with van der Waals surface area (Å²) in [6.07, 6.45) is 1.21. The van der Waals surface area contributed by atoms with Crippen LogP contribution in [-0.4, -0.2) is 17.7 Å². The van der Waals surface area contributed by atoms with Crippen LogP contribution in [0.4, 0.5) is 4.79 Å². The number of benzene rings is 2. The molecule has 0 saturated carbocycles. The Hall–Kier alpha value is -2.01. The fourth-order valence-corrected chi connectivity index (χ4v) is 2.39. The van der Waals surface area contributed by atoms with Crippen LogP contribution in [0.3, 0.4) is 0 Å². The summed E-state index contributed by atoms with van der Waals surface area (Å²) in [5.41, 5.74) is 2.07. The average Bonchev–Trinajstić information content (AvgIpc) is 2.54. The number of phenolic OH excluding ortho intramolecular Hbond substituents is 1. The molecular formula is C17H18BrNO3. The van der Waals surface area contributed by atoms with Gasteiger partial charge < -0.3 is 15.2 Å². The minimum Gasteiger partial charge on any atom is -0.507 e. The van der Waals surface area contributed by atoms with Gasteiger partial charge in [0.25, 0.3) is 0 Å². The third-order valence-electron chi connectivity index (χ3n) is 3.14. The van der Waals surface area contributed by atoms with Crippen molar-refractivity contribution in [1.29, 1.82) is 0 Å². The molecule has 0 radical (unpaired) electrons. The SMILES string of the molecule is O=C(NCCCc1ccc(O)c(Br)c1)OCc1ccccc1. The monoisotopic (exact) mass is 363 g/mol. The maximum Gasteiger partial charge on any atom is 0.407 e. The summed E-state index contributed by atoms with van der Waals surface area (Å²) < 4.78 is 5.81. The van der Waals surface area contributed by atoms with Crippen LogP contribution >= 0.6 is 15.9 Å². The zero-order valence-corrected chi connectivity index (χ0v) is 13.7. The van der Waals surface area contributed by atoms with E-state index < -0.39 is 6.09 Å². The van der Waals surface area contributed by atoms with Gasteiger partial charge in [-0.1, -0.05) is 36.4 Å². The zero-order chi connectivity index (χ0) is 15.8. The third kappa shape index (κ3) is 5.41. The number of carbonyl (C=O) groups is 1. The molecule has 0 atom stereocenters. The molecule has 0 aliphatic carbocycles. The maximum absolute atomic E-state index is 11.6. The van der Waals surface area contributed by atoms with Crippen LogP contribution in [0, 0.1) is 0 Å². The molecule has 0 saturated heterocycles. The molecule has 22 heavy (non-hydrogen) atoms. The third-order valence-corrected chi connectivity index (χ3v) is 3.77. The molecule has 2 aromatic rings. The van der Waals surface area contributed by atoms with Crippen molar-refractivity contribution in [1.82, 2.24) is 5.32 Å². The smallest absolute Gasteiger partial charge is 0.407 e. The van der Waals surface area contributed by atoms with Crippen molar-refractivity contribution in [2.45, 2.75) is 19.4 Å². The summed E-state index contributed by atoms with van der Waals surface area (Å²) in [5.74, 6) is 0.228. The van der Waals surface area contributed by atoms with Crippen LogP contribution in [0.2, 0.25) is 0 Å². The van der Waals surface area contributed by atoms with Crippen molar-refractivity contribution >= 4 is 22.0 Å². The Labute approximate surface area is 138 Å². The van der Waals surface area contributed by atoms with E-state index in [1.54, 1.807) is 6.07 Å². The van der Waals surface area contributed by atoms with Crippen molar-refractivity contribution < 1.29 is 14.6 Å². The Morgan fingerprint density at radius 3 is 2.64 bits per heavy atom. The number of phenols is 1. The second-order valence-corrected chi connectivity index (χ2v) is 5.73. The Balaban J connectivity index is 1.63. The van der Waals surface area contributed by atoms with E-state index in [1.807, 2.05) is 42.5 Å². The quantitative estimate of drug-likeness (QED) is 0.762. The average molecular weight is 364 g/mol. The summed E-state index contributed by atoms with van der Waals surface area (Å²) in [6, 6.07) is 15.0. The van der Waals surface area contributed by atoms with Gasteiger partial charge in [0.15, 0.2) is 0 Å². The lowest BCUT2D eigenvalue weighted by atomic mass is 10.1. The van der Waals surface area contributed by atoms with Crippen LogP contribution in [0.15, 0.2) is 53.0 Å². The summed E-state index contributed by atoms with van der Waals surface area (Å²) in [5, 5.41) is 12.1. The number of nitrogens with one attached hydrogen (secondary N) is 1. The lowest BCUT2D eigenvalue weighted by molar-refractivity contribution is 0.139. The molecule has 116 valence electrons. The Morgan fingerprint density at radius 2 is 1.91 bits per heavy atom. The number of aryl methyl sites for hydroxylation is 1. The molecule has 0 fully saturated rings. The molecule has 4 nitrogen and oxygen atoms in total. The van der Waals surface area contributed by atoms with Crippen molar-refractivity contribution in [2.75, 3.05) is 6.54 Å². The van der Waals surface area contributed by atoms with Gasteiger partial charge in [-0.3, -0.25) is 0 Å². The number of rotatable bonds is 6. The molecule has 5 heteroatoms. The molecule has 0 unspecified atom stereocenters. The highest BCUT2D eigenvalue weighted by Crippen LogP contribution is 2.24. The summed E-state index contributed by atoms with van der Waals surface area (Å²) in [7, 11) is 0. The summed E-state index contributed by atoms with van der Waals surface area (Å²) in [6.45, 7) is 0.823. The minimum absolute atomic E-state index is 0.228. The fraction of sp³-hybridized carbons (Fsp3) is 0.235. The van der Waals surface area contributed by atoms with Crippen molar-refractivity contribution in [3.05, 3.63) is 64.1 Å². The molecule has 2 aromatic carbocycles. The number of carbonyl (C=O) groups excluding carboxylic acids is 1. The molecule has 2 N–H and O–H groups in total. The molecule has 1 amide bonds. The van der Waals surface area contributed by atoms with E-state index in [4.69, 9.17) is 4.74 Å². The number of ether oxygens (including phenoxy) is 1. The van der Waals surface area contributed by atoms with E-state index in [1.165, 1.54) is 0 Å². The first-order chi connectivity index (χ1) is 10.6. The summed E-state index contributed by atoms with van der Waals surface area (Å²) in [4.78, 5) is 11.6. The predicted molar refractivity (Wildman–Crippen MR) is 88.8 cm³/mol. The van der Waals surface area contributed by atoms with E-state index in [0.717, 1.165) is 24.0 Å². The van der Waals surface area contributed by atoms with Gasteiger partial charge in [0.2, 0.25) is 0 Å². The van der Waals surface area contributed by atoms with Crippen molar-refractivity contribution in [2.24, 2.45) is 0 Å². The highest BCUT2D eigenvalue weighted by atomic mass is 79.9. The van der Waals surface area contributed by atoms with Gasteiger partial charge in [-0.15, -0.1) is 0 Å². The van der Waals surface area contributed by atoms with Crippen LogP contribution < -0.4 is 5.32 Å². The van der Waals surface area contributed by atoms with Crippen molar-refractivity contribution in [3.8, 4) is 5.75 Å². The topological polar surface area (TPSA) is 58.6 Å². The molecule has 0 bridgehead atoms. The van der Waals surface area contributed by atoms with Gasteiger partial charge >= 0.3 is 6.09 Å². The number of hydrogen-bond acceptors (Lipinski definition) is 3. The van der Waals surface area contributed by atoms with E-state index in [-0.39, 0.29) is 12.4 Å².